The third-order valence-corrected chi connectivity index (χ3v) is 6.56. The smallest absolute Gasteiger partial charge is 0.254 e. The van der Waals surface area contributed by atoms with Gasteiger partial charge in [-0.15, -0.1) is 0 Å². The first-order valence-electron chi connectivity index (χ1n) is 10.4. The SMILES string of the molecule is Cc1cc(C)nc(N2CC3CC2CN(C(=O)c2ccccc2C2(C#N)CC2)C3)n1. The molecule has 0 radical (unpaired) electrons. The van der Waals surface area contributed by atoms with Crippen LogP contribution in [0.25, 0.3) is 0 Å². The van der Waals surface area contributed by atoms with Crippen molar-refractivity contribution in [3.63, 3.8) is 0 Å². The maximum atomic E-state index is 13.4. The van der Waals surface area contributed by atoms with Gasteiger partial charge < -0.3 is 9.80 Å². The minimum absolute atomic E-state index is 0.0556. The molecule has 2 atom stereocenters. The van der Waals surface area contributed by atoms with E-state index in [2.05, 4.69) is 20.9 Å². The molecule has 2 aliphatic heterocycles. The van der Waals surface area contributed by atoms with Gasteiger partial charge in [-0.1, -0.05) is 18.2 Å². The van der Waals surface area contributed by atoms with Gasteiger partial charge >= 0.3 is 0 Å². The zero-order chi connectivity index (χ0) is 20.2. The Bertz CT molecular complexity index is 1000. The molecule has 6 nitrogen and oxygen atoms in total. The lowest BCUT2D eigenvalue weighted by Gasteiger charge is -2.33. The molecule has 148 valence electrons. The first-order chi connectivity index (χ1) is 14.0. The quantitative estimate of drug-likeness (QED) is 0.809. The Morgan fingerprint density at radius 3 is 2.55 bits per heavy atom. The zero-order valence-corrected chi connectivity index (χ0v) is 16.9. The monoisotopic (exact) mass is 387 g/mol. The Morgan fingerprint density at radius 1 is 1.14 bits per heavy atom. The van der Waals surface area contributed by atoms with Crippen molar-refractivity contribution in [2.24, 2.45) is 5.92 Å². The van der Waals surface area contributed by atoms with Crippen LogP contribution in [0.3, 0.4) is 0 Å². The Balaban J connectivity index is 1.40. The molecule has 3 aliphatic rings. The van der Waals surface area contributed by atoms with Crippen molar-refractivity contribution < 1.29 is 4.79 Å². The molecule has 1 saturated carbocycles. The maximum Gasteiger partial charge on any atom is 0.254 e. The Labute approximate surface area is 171 Å². The van der Waals surface area contributed by atoms with Gasteiger partial charge in [0.2, 0.25) is 5.95 Å². The predicted octanol–water partition coefficient (Wildman–Crippen LogP) is 3.00. The third kappa shape index (κ3) is 3.05. The highest BCUT2D eigenvalue weighted by atomic mass is 16.2. The van der Waals surface area contributed by atoms with Gasteiger partial charge in [0.25, 0.3) is 5.91 Å². The number of carbonyl (C=O) groups excluding carboxylic acids is 1. The van der Waals surface area contributed by atoms with Gasteiger partial charge in [0, 0.05) is 42.6 Å². The number of hydrogen-bond acceptors (Lipinski definition) is 5. The normalized spacial score (nSPS) is 24.3. The van der Waals surface area contributed by atoms with Crippen LogP contribution < -0.4 is 4.90 Å². The second kappa shape index (κ2) is 6.55. The highest BCUT2D eigenvalue weighted by Gasteiger charge is 2.48. The Morgan fingerprint density at radius 2 is 1.86 bits per heavy atom. The van der Waals surface area contributed by atoms with Crippen molar-refractivity contribution in [2.45, 2.75) is 44.6 Å². The summed E-state index contributed by atoms with van der Waals surface area (Å²) in [7, 11) is 0. The van der Waals surface area contributed by atoms with Crippen LogP contribution in [-0.4, -0.2) is 46.5 Å². The van der Waals surface area contributed by atoms with Gasteiger partial charge in [-0.25, -0.2) is 9.97 Å². The topological polar surface area (TPSA) is 73.1 Å². The van der Waals surface area contributed by atoms with Crippen molar-refractivity contribution in [3.8, 4) is 6.07 Å². The molecule has 2 aromatic rings. The number of amides is 1. The van der Waals surface area contributed by atoms with E-state index in [1.54, 1.807) is 0 Å². The fourth-order valence-corrected chi connectivity index (χ4v) is 5.03. The molecule has 1 aromatic carbocycles. The molecule has 29 heavy (non-hydrogen) atoms. The average Bonchev–Trinajstić information content (AvgIpc) is 3.46. The molecular weight excluding hydrogens is 362 g/mol. The maximum absolute atomic E-state index is 13.4. The second-order valence-corrected chi connectivity index (χ2v) is 8.81. The predicted molar refractivity (Wildman–Crippen MR) is 110 cm³/mol. The number of aryl methyl sites for hydroxylation is 2. The van der Waals surface area contributed by atoms with E-state index in [4.69, 9.17) is 0 Å². The van der Waals surface area contributed by atoms with Crippen LogP contribution in [0.2, 0.25) is 0 Å². The molecule has 3 fully saturated rings. The summed E-state index contributed by atoms with van der Waals surface area (Å²) in [6.45, 7) is 6.32. The Hall–Kier alpha value is -2.94. The van der Waals surface area contributed by atoms with Crippen LogP contribution in [-0.2, 0) is 5.41 Å². The number of benzene rings is 1. The van der Waals surface area contributed by atoms with Gasteiger partial charge in [0.05, 0.1) is 11.5 Å². The van der Waals surface area contributed by atoms with Gasteiger partial charge in [0.1, 0.15) is 0 Å². The molecular formula is C23H25N5O. The van der Waals surface area contributed by atoms with Crippen LogP contribution in [0.1, 0.15) is 46.6 Å². The Kier molecular flexibility index (Phi) is 4.09. The van der Waals surface area contributed by atoms with E-state index in [1.807, 2.05) is 49.1 Å². The van der Waals surface area contributed by atoms with E-state index >= 15 is 0 Å². The minimum Gasteiger partial charge on any atom is -0.336 e. The first-order valence-corrected chi connectivity index (χ1v) is 10.4. The van der Waals surface area contributed by atoms with Crippen molar-refractivity contribution in [3.05, 3.63) is 52.8 Å². The van der Waals surface area contributed by atoms with Crippen LogP contribution in [0.4, 0.5) is 5.95 Å². The van der Waals surface area contributed by atoms with Crippen molar-refractivity contribution in [1.82, 2.24) is 14.9 Å². The number of nitriles is 1. The van der Waals surface area contributed by atoms with E-state index in [1.165, 1.54) is 0 Å². The summed E-state index contributed by atoms with van der Waals surface area (Å²) in [5, 5.41) is 9.63. The summed E-state index contributed by atoms with van der Waals surface area (Å²) in [4.78, 5) is 27.0. The van der Waals surface area contributed by atoms with Crippen molar-refractivity contribution in [1.29, 1.82) is 5.26 Å². The fourth-order valence-electron chi connectivity index (χ4n) is 5.03. The number of nitrogens with zero attached hydrogens (tertiary/aromatic N) is 5. The van der Waals surface area contributed by atoms with Gasteiger partial charge in [0.15, 0.2) is 0 Å². The van der Waals surface area contributed by atoms with Gasteiger partial charge in [-0.05, 0) is 56.7 Å². The lowest BCUT2D eigenvalue weighted by Crippen LogP contribution is -2.46. The molecule has 5 rings (SSSR count). The minimum atomic E-state index is -0.458. The number of carbonyl (C=O) groups is 1. The number of likely N-dealkylation sites (tertiary alicyclic amines) is 1. The zero-order valence-electron chi connectivity index (χ0n) is 16.9. The highest BCUT2D eigenvalue weighted by molar-refractivity contribution is 5.96. The van der Waals surface area contributed by atoms with E-state index in [0.717, 1.165) is 55.3 Å². The van der Waals surface area contributed by atoms with Crippen LogP contribution in [0.5, 0.6) is 0 Å². The summed E-state index contributed by atoms with van der Waals surface area (Å²) in [5.41, 5.74) is 3.09. The van der Waals surface area contributed by atoms with Gasteiger partial charge in [-0.2, -0.15) is 5.26 Å². The fraction of sp³-hybridized carbons (Fsp3) is 0.478. The molecule has 2 saturated heterocycles. The van der Waals surface area contributed by atoms with E-state index in [0.29, 0.717) is 18.0 Å². The number of hydrogen-bond donors (Lipinski definition) is 0. The van der Waals surface area contributed by atoms with Crippen LogP contribution in [0.15, 0.2) is 30.3 Å². The summed E-state index contributed by atoms with van der Waals surface area (Å²) < 4.78 is 0. The highest BCUT2D eigenvalue weighted by Crippen LogP contribution is 2.49. The first kappa shape index (κ1) is 18.1. The van der Waals surface area contributed by atoms with Crippen LogP contribution >= 0.6 is 0 Å². The second-order valence-electron chi connectivity index (χ2n) is 8.81. The largest absolute Gasteiger partial charge is 0.336 e. The van der Waals surface area contributed by atoms with E-state index in [9.17, 15) is 10.1 Å². The molecule has 2 unspecified atom stereocenters. The lowest BCUT2D eigenvalue weighted by atomic mass is 9.91. The molecule has 1 aliphatic carbocycles. The molecule has 0 N–H and O–H groups in total. The summed E-state index contributed by atoms with van der Waals surface area (Å²) in [6, 6.07) is 12.4. The summed E-state index contributed by atoms with van der Waals surface area (Å²) in [6.07, 6.45) is 2.76. The molecule has 3 heterocycles. The molecule has 0 spiro atoms. The standard InChI is InChI=1S/C23H25N5O/c1-15-9-16(2)26-22(25-15)28-12-17-10-18(28)13-27(11-17)21(29)19-5-3-4-6-20(19)23(14-24)7-8-23/h3-6,9,17-18H,7-8,10-13H2,1-2H3. The summed E-state index contributed by atoms with van der Waals surface area (Å²) in [5.74, 6) is 1.27. The number of aromatic nitrogens is 2. The van der Waals surface area contributed by atoms with Crippen LogP contribution in [0, 0.1) is 31.1 Å². The number of anilines is 1. The molecule has 6 heteroatoms. The molecule has 1 amide bonds. The third-order valence-electron chi connectivity index (χ3n) is 6.56. The number of piperidine rings is 1. The van der Waals surface area contributed by atoms with Gasteiger partial charge in [-0.3, -0.25) is 4.79 Å². The number of fused-ring (bicyclic) bond motifs is 2. The summed E-state index contributed by atoms with van der Waals surface area (Å²) >= 11 is 0. The van der Waals surface area contributed by atoms with E-state index < -0.39 is 5.41 Å². The lowest BCUT2D eigenvalue weighted by molar-refractivity contribution is 0.0692. The molecule has 1 aromatic heterocycles. The molecule has 2 bridgehead atoms. The van der Waals surface area contributed by atoms with Crippen molar-refractivity contribution >= 4 is 11.9 Å². The average molecular weight is 387 g/mol. The van der Waals surface area contributed by atoms with Crippen molar-refractivity contribution in [2.75, 3.05) is 24.5 Å². The van der Waals surface area contributed by atoms with E-state index in [-0.39, 0.29) is 11.9 Å². The number of rotatable bonds is 3.